The summed E-state index contributed by atoms with van der Waals surface area (Å²) in [7, 11) is 0. The highest BCUT2D eigenvalue weighted by Crippen LogP contribution is 2.18. The van der Waals surface area contributed by atoms with Crippen molar-refractivity contribution in [3.63, 3.8) is 0 Å². The van der Waals surface area contributed by atoms with Crippen molar-refractivity contribution in [1.29, 1.82) is 0 Å². The number of fused-ring (bicyclic) bond motifs is 1. The molecule has 0 spiro atoms. The third-order valence-corrected chi connectivity index (χ3v) is 3.42. The molecule has 0 aliphatic rings. The summed E-state index contributed by atoms with van der Waals surface area (Å²) in [5, 5.41) is 3.79. The average Bonchev–Trinajstić information content (AvgIpc) is 2.89. The average molecular weight is 280 g/mol. The molecular weight excluding hydrogens is 264 g/mol. The van der Waals surface area contributed by atoms with E-state index in [1.165, 1.54) is 0 Å². The number of aryl methyl sites for hydroxylation is 1. The van der Waals surface area contributed by atoms with Crippen LogP contribution in [0, 0.1) is 6.92 Å². The molecule has 2 aromatic heterocycles. The van der Waals surface area contributed by atoms with Gasteiger partial charge < -0.3 is 16.0 Å². The van der Waals surface area contributed by atoms with E-state index in [1.807, 2.05) is 31.2 Å². The number of nitrogens with two attached hydrogens (primary N) is 1. The van der Waals surface area contributed by atoms with Crippen molar-refractivity contribution in [1.82, 2.24) is 15.3 Å². The van der Waals surface area contributed by atoms with E-state index in [-0.39, 0.29) is 5.91 Å². The molecule has 106 valence electrons. The first-order valence-electron chi connectivity index (χ1n) is 6.70. The number of hydrogen-bond acceptors (Lipinski definition) is 3. The number of nitrogens with one attached hydrogen (secondary N) is 2. The summed E-state index contributed by atoms with van der Waals surface area (Å²) in [6.07, 6.45) is 1.72. The van der Waals surface area contributed by atoms with E-state index in [1.54, 1.807) is 18.3 Å². The fourth-order valence-electron chi connectivity index (χ4n) is 2.24. The molecule has 0 bridgehead atoms. The van der Waals surface area contributed by atoms with Crippen molar-refractivity contribution >= 4 is 22.5 Å². The van der Waals surface area contributed by atoms with Crippen LogP contribution in [0.5, 0.6) is 0 Å². The predicted octanol–water partition coefficient (Wildman–Crippen LogP) is 2.38. The van der Waals surface area contributed by atoms with E-state index in [0.29, 0.717) is 17.9 Å². The Morgan fingerprint density at radius 2 is 2.19 bits per heavy atom. The molecule has 0 unspecified atom stereocenters. The molecule has 1 aromatic carbocycles. The zero-order chi connectivity index (χ0) is 14.8. The van der Waals surface area contributed by atoms with Crippen LogP contribution in [-0.2, 0) is 6.54 Å². The number of carbonyl (C=O) groups excluding carboxylic acids is 1. The van der Waals surface area contributed by atoms with Gasteiger partial charge in [0.05, 0.1) is 12.2 Å². The minimum Gasteiger partial charge on any atom is -0.399 e. The first-order valence-corrected chi connectivity index (χ1v) is 6.70. The third-order valence-electron chi connectivity index (χ3n) is 3.42. The van der Waals surface area contributed by atoms with E-state index in [0.717, 1.165) is 22.2 Å². The van der Waals surface area contributed by atoms with E-state index in [2.05, 4.69) is 15.3 Å². The largest absolute Gasteiger partial charge is 0.399 e. The second-order valence-electron chi connectivity index (χ2n) is 4.98. The first-order chi connectivity index (χ1) is 10.1. The van der Waals surface area contributed by atoms with E-state index < -0.39 is 0 Å². The topological polar surface area (TPSA) is 83.8 Å². The molecule has 0 radical (unpaired) electrons. The summed E-state index contributed by atoms with van der Waals surface area (Å²) < 4.78 is 0. The minimum atomic E-state index is -0.158. The molecule has 5 heteroatoms. The number of rotatable bonds is 3. The zero-order valence-corrected chi connectivity index (χ0v) is 11.7. The van der Waals surface area contributed by atoms with E-state index in [9.17, 15) is 4.79 Å². The van der Waals surface area contributed by atoms with Gasteiger partial charge in [0.25, 0.3) is 5.91 Å². The molecule has 0 saturated heterocycles. The minimum absolute atomic E-state index is 0.158. The standard InChI is InChI=1S/C16H16N4O/c1-10-3-2-6-18-15(10)9-19-16(21)14-8-11-7-12(17)4-5-13(11)20-14/h2-8,20H,9,17H2,1H3,(H,19,21). The summed E-state index contributed by atoms with van der Waals surface area (Å²) in [6, 6.07) is 11.2. The van der Waals surface area contributed by atoms with Crippen LogP contribution in [0.4, 0.5) is 5.69 Å². The number of carbonyl (C=O) groups is 1. The van der Waals surface area contributed by atoms with Gasteiger partial charge in [0, 0.05) is 22.8 Å². The number of nitrogen functional groups attached to an aromatic ring is 1. The molecule has 21 heavy (non-hydrogen) atoms. The Morgan fingerprint density at radius 3 is 3.00 bits per heavy atom. The normalized spacial score (nSPS) is 10.7. The first kappa shape index (κ1) is 13.2. The van der Waals surface area contributed by atoms with E-state index in [4.69, 9.17) is 5.73 Å². The molecule has 4 N–H and O–H groups in total. The Morgan fingerprint density at radius 1 is 1.33 bits per heavy atom. The number of aromatic amines is 1. The van der Waals surface area contributed by atoms with Crippen LogP contribution in [0.25, 0.3) is 10.9 Å². The Balaban J connectivity index is 1.76. The Labute approximate surface area is 122 Å². The number of benzene rings is 1. The third kappa shape index (κ3) is 2.72. The van der Waals surface area contributed by atoms with Gasteiger partial charge >= 0.3 is 0 Å². The zero-order valence-electron chi connectivity index (χ0n) is 11.7. The van der Waals surface area contributed by atoms with Gasteiger partial charge in [-0.2, -0.15) is 0 Å². The molecular formula is C16H16N4O. The molecule has 0 atom stereocenters. The second kappa shape index (κ2) is 5.28. The van der Waals surface area contributed by atoms with Crippen LogP contribution >= 0.6 is 0 Å². The summed E-state index contributed by atoms with van der Waals surface area (Å²) in [5.41, 5.74) is 9.75. The van der Waals surface area contributed by atoms with Crippen molar-refractivity contribution in [2.24, 2.45) is 0 Å². The van der Waals surface area contributed by atoms with Gasteiger partial charge in [0.1, 0.15) is 5.69 Å². The number of H-pyrrole nitrogens is 1. The lowest BCUT2D eigenvalue weighted by Crippen LogP contribution is -2.24. The van der Waals surface area contributed by atoms with Crippen LogP contribution in [0.2, 0.25) is 0 Å². The van der Waals surface area contributed by atoms with Gasteiger partial charge in [-0.25, -0.2) is 0 Å². The quantitative estimate of drug-likeness (QED) is 0.644. The maximum Gasteiger partial charge on any atom is 0.268 e. The second-order valence-corrected chi connectivity index (χ2v) is 4.98. The molecule has 0 aliphatic heterocycles. The number of pyridine rings is 1. The smallest absolute Gasteiger partial charge is 0.268 e. The predicted molar refractivity (Wildman–Crippen MR) is 82.9 cm³/mol. The lowest BCUT2D eigenvalue weighted by atomic mass is 10.2. The Kier molecular flexibility index (Phi) is 3.31. The summed E-state index contributed by atoms with van der Waals surface area (Å²) >= 11 is 0. The maximum absolute atomic E-state index is 12.2. The monoisotopic (exact) mass is 280 g/mol. The van der Waals surface area contributed by atoms with E-state index >= 15 is 0 Å². The summed E-state index contributed by atoms with van der Waals surface area (Å²) in [6.45, 7) is 2.38. The molecule has 0 fully saturated rings. The number of amides is 1. The molecule has 0 saturated carbocycles. The molecule has 3 rings (SSSR count). The van der Waals surface area contributed by atoms with Crippen molar-refractivity contribution in [3.05, 3.63) is 59.5 Å². The van der Waals surface area contributed by atoms with Crippen LogP contribution in [0.3, 0.4) is 0 Å². The highest BCUT2D eigenvalue weighted by Gasteiger charge is 2.10. The number of nitrogens with zero attached hydrogens (tertiary/aromatic N) is 1. The number of aromatic nitrogens is 2. The SMILES string of the molecule is Cc1cccnc1CNC(=O)c1cc2cc(N)ccc2[nH]1. The molecule has 1 amide bonds. The lowest BCUT2D eigenvalue weighted by molar-refractivity contribution is 0.0946. The number of hydrogen-bond donors (Lipinski definition) is 3. The van der Waals surface area contributed by atoms with Crippen molar-refractivity contribution in [2.45, 2.75) is 13.5 Å². The highest BCUT2D eigenvalue weighted by molar-refractivity contribution is 5.98. The van der Waals surface area contributed by atoms with Gasteiger partial charge in [-0.3, -0.25) is 9.78 Å². The van der Waals surface area contributed by atoms with Crippen LogP contribution in [-0.4, -0.2) is 15.9 Å². The van der Waals surface area contributed by atoms with Crippen molar-refractivity contribution < 1.29 is 4.79 Å². The van der Waals surface area contributed by atoms with Crippen molar-refractivity contribution in [3.8, 4) is 0 Å². The van der Waals surface area contributed by atoms with Crippen LogP contribution in [0.1, 0.15) is 21.7 Å². The van der Waals surface area contributed by atoms with Crippen LogP contribution < -0.4 is 11.1 Å². The fourth-order valence-corrected chi connectivity index (χ4v) is 2.24. The highest BCUT2D eigenvalue weighted by atomic mass is 16.1. The molecule has 5 nitrogen and oxygen atoms in total. The van der Waals surface area contributed by atoms with Gasteiger partial charge in [0.15, 0.2) is 0 Å². The van der Waals surface area contributed by atoms with Gasteiger partial charge in [-0.15, -0.1) is 0 Å². The molecule has 3 aromatic rings. The summed E-state index contributed by atoms with van der Waals surface area (Å²) in [4.78, 5) is 19.5. The van der Waals surface area contributed by atoms with Gasteiger partial charge in [0.2, 0.25) is 0 Å². The molecule has 2 heterocycles. The van der Waals surface area contributed by atoms with Gasteiger partial charge in [-0.05, 0) is 42.8 Å². The number of anilines is 1. The molecule has 0 aliphatic carbocycles. The lowest BCUT2D eigenvalue weighted by Gasteiger charge is -2.05. The fraction of sp³-hybridized carbons (Fsp3) is 0.125. The van der Waals surface area contributed by atoms with Gasteiger partial charge in [-0.1, -0.05) is 6.07 Å². The maximum atomic E-state index is 12.2. The Bertz CT molecular complexity index is 807. The summed E-state index contributed by atoms with van der Waals surface area (Å²) in [5.74, 6) is -0.158. The van der Waals surface area contributed by atoms with Crippen LogP contribution in [0.15, 0.2) is 42.6 Å². The van der Waals surface area contributed by atoms with Crippen molar-refractivity contribution in [2.75, 3.05) is 5.73 Å². The Hall–Kier alpha value is -2.82.